The van der Waals surface area contributed by atoms with Crippen LogP contribution in [0.3, 0.4) is 0 Å². The molecule has 0 bridgehead atoms. The molecule has 3 aromatic carbocycles. The van der Waals surface area contributed by atoms with Crippen LogP contribution in [-0.4, -0.2) is 13.4 Å². The zero-order valence-corrected chi connectivity index (χ0v) is 15.7. The first-order chi connectivity index (χ1) is 12.9. The summed E-state index contributed by atoms with van der Waals surface area (Å²) < 4.78 is 33.6. The van der Waals surface area contributed by atoms with Gasteiger partial charge in [0.1, 0.15) is 5.76 Å². The fourth-order valence-electron chi connectivity index (χ4n) is 2.83. The minimum atomic E-state index is -3.67. The van der Waals surface area contributed by atoms with Crippen LogP contribution in [0.15, 0.2) is 76.0 Å². The van der Waals surface area contributed by atoms with Gasteiger partial charge >= 0.3 is 0 Å². The van der Waals surface area contributed by atoms with E-state index in [1.165, 1.54) is 0 Å². The highest BCUT2D eigenvalue weighted by atomic mass is 32.2. The van der Waals surface area contributed by atoms with Gasteiger partial charge in [-0.05, 0) is 61.0 Å². The summed E-state index contributed by atoms with van der Waals surface area (Å²) in [7, 11) is -3.67. The van der Waals surface area contributed by atoms with Gasteiger partial charge in [0.2, 0.25) is 5.89 Å². The third-order valence-electron chi connectivity index (χ3n) is 4.44. The van der Waals surface area contributed by atoms with Crippen molar-refractivity contribution in [3.8, 4) is 11.5 Å². The number of hydrogen-bond acceptors (Lipinski definition) is 4. The number of hydrogen-bond donors (Lipinski definition) is 1. The Bertz CT molecular complexity index is 1210. The fraction of sp³-hybridized carbons (Fsp3) is 0.0952. The second-order valence-electron chi connectivity index (χ2n) is 6.35. The second kappa shape index (κ2) is 6.55. The molecule has 0 saturated carbocycles. The van der Waals surface area contributed by atoms with Gasteiger partial charge in [-0.3, -0.25) is 4.72 Å². The molecule has 1 N–H and O–H groups in total. The summed E-state index contributed by atoms with van der Waals surface area (Å²) in [5.74, 6) is 1.29. The summed E-state index contributed by atoms with van der Waals surface area (Å²) in [6, 6.07) is 19.7. The molecule has 0 spiro atoms. The number of aryl methyl sites for hydroxylation is 2. The summed E-state index contributed by atoms with van der Waals surface area (Å²) in [4.78, 5) is 4.58. The van der Waals surface area contributed by atoms with Crippen LogP contribution in [0.2, 0.25) is 0 Å². The summed E-state index contributed by atoms with van der Waals surface area (Å²) in [6.07, 6.45) is 0. The molecule has 27 heavy (non-hydrogen) atoms. The average molecular weight is 378 g/mol. The lowest BCUT2D eigenvalue weighted by Crippen LogP contribution is -2.12. The lowest BCUT2D eigenvalue weighted by molar-refractivity contribution is 0.541. The zero-order valence-electron chi connectivity index (χ0n) is 14.9. The first kappa shape index (κ1) is 17.3. The van der Waals surface area contributed by atoms with Crippen molar-refractivity contribution in [3.05, 3.63) is 78.2 Å². The molecule has 0 aliphatic carbocycles. The molecule has 0 amide bonds. The van der Waals surface area contributed by atoms with E-state index in [0.717, 1.165) is 27.8 Å². The molecule has 0 saturated heterocycles. The van der Waals surface area contributed by atoms with Crippen LogP contribution >= 0.6 is 0 Å². The van der Waals surface area contributed by atoms with Crippen LogP contribution in [0.1, 0.15) is 11.5 Å². The standard InChI is InChI=1S/C21H18N2O3S/c1-14-15(2)26-21(22-14)17-7-10-19(11-8-17)23-27(24,25)20-12-9-16-5-3-4-6-18(16)13-20/h3-13,23H,1-2H3. The van der Waals surface area contributed by atoms with Crippen molar-refractivity contribution in [1.29, 1.82) is 0 Å². The van der Waals surface area contributed by atoms with Crippen molar-refractivity contribution in [1.82, 2.24) is 4.98 Å². The summed E-state index contributed by atoms with van der Waals surface area (Å²) >= 11 is 0. The maximum atomic E-state index is 12.7. The van der Waals surface area contributed by atoms with Crippen LogP contribution in [0.4, 0.5) is 5.69 Å². The molecule has 4 aromatic rings. The number of benzene rings is 3. The highest BCUT2D eigenvalue weighted by Gasteiger charge is 2.15. The minimum Gasteiger partial charge on any atom is -0.441 e. The molecule has 1 aromatic heterocycles. The molecular weight excluding hydrogens is 360 g/mol. The van der Waals surface area contributed by atoms with Crippen molar-refractivity contribution in [2.24, 2.45) is 0 Å². The third kappa shape index (κ3) is 3.44. The number of sulfonamides is 1. The molecule has 0 atom stereocenters. The number of nitrogens with zero attached hydrogens (tertiary/aromatic N) is 1. The van der Waals surface area contributed by atoms with Crippen molar-refractivity contribution >= 4 is 26.5 Å². The third-order valence-corrected chi connectivity index (χ3v) is 5.82. The SMILES string of the molecule is Cc1nc(-c2ccc(NS(=O)(=O)c3ccc4ccccc4c3)cc2)oc1C. The predicted molar refractivity (Wildman–Crippen MR) is 106 cm³/mol. The van der Waals surface area contributed by atoms with Gasteiger partial charge in [-0.25, -0.2) is 13.4 Å². The molecule has 0 radical (unpaired) electrons. The van der Waals surface area contributed by atoms with E-state index in [9.17, 15) is 8.42 Å². The Morgan fingerprint density at radius 1 is 0.889 bits per heavy atom. The Balaban J connectivity index is 1.60. The quantitative estimate of drug-likeness (QED) is 0.547. The number of nitrogens with one attached hydrogen (secondary N) is 1. The fourth-order valence-corrected chi connectivity index (χ4v) is 3.92. The van der Waals surface area contributed by atoms with Crippen molar-refractivity contribution in [3.63, 3.8) is 0 Å². The minimum absolute atomic E-state index is 0.226. The van der Waals surface area contributed by atoms with E-state index in [1.807, 2.05) is 38.1 Å². The van der Waals surface area contributed by atoms with Crippen LogP contribution in [0.25, 0.3) is 22.2 Å². The molecule has 0 aliphatic heterocycles. The number of anilines is 1. The van der Waals surface area contributed by atoms with E-state index in [-0.39, 0.29) is 4.90 Å². The van der Waals surface area contributed by atoms with E-state index >= 15 is 0 Å². The van der Waals surface area contributed by atoms with Crippen LogP contribution in [0.5, 0.6) is 0 Å². The largest absolute Gasteiger partial charge is 0.441 e. The number of aromatic nitrogens is 1. The lowest BCUT2D eigenvalue weighted by atomic mass is 10.1. The molecule has 0 unspecified atom stereocenters. The number of oxazole rings is 1. The topological polar surface area (TPSA) is 72.2 Å². The van der Waals surface area contributed by atoms with Gasteiger partial charge in [-0.1, -0.05) is 30.3 Å². The monoisotopic (exact) mass is 378 g/mol. The normalized spacial score (nSPS) is 11.6. The van der Waals surface area contributed by atoms with E-state index < -0.39 is 10.0 Å². The molecule has 1 heterocycles. The summed E-state index contributed by atoms with van der Waals surface area (Å²) in [6.45, 7) is 3.74. The Morgan fingerprint density at radius 3 is 2.26 bits per heavy atom. The van der Waals surface area contributed by atoms with Gasteiger partial charge in [0.05, 0.1) is 10.6 Å². The van der Waals surface area contributed by atoms with E-state index in [1.54, 1.807) is 42.5 Å². The van der Waals surface area contributed by atoms with Crippen LogP contribution < -0.4 is 4.72 Å². The van der Waals surface area contributed by atoms with Crippen LogP contribution in [-0.2, 0) is 10.0 Å². The molecule has 0 fully saturated rings. The van der Waals surface area contributed by atoms with Crippen molar-refractivity contribution in [2.75, 3.05) is 4.72 Å². The first-order valence-corrected chi connectivity index (χ1v) is 9.97. The Labute approximate surface area is 157 Å². The van der Waals surface area contributed by atoms with Crippen molar-refractivity contribution < 1.29 is 12.8 Å². The van der Waals surface area contributed by atoms with Gasteiger partial charge < -0.3 is 4.42 Å². The lowest BCUT2D eigenvalue weighted by Gasteiger charge is -2.09. The maximum absolute atomic E-state index is 12.7. The Kier molecular flexibility index (Phi) is 4.20. The summed E-state index contributed by atoms with van der Waals surface area (Å²) in [5, 5.41) is 1.88. The Morgan fingerprint density at radius 2 is 1.59 bits per heavy atom. The predicted octanol–water partition coefficient (Wildman–Crippen LogP) is 4.91. The number of rotatable bonds is 4. The first-order valence-electron chi connectivity index (χ1n) is 8.48. The van der Waals surface area contributed by atoms with Gasteiger partial charge in [0, 0.05) is 11.3 Å². The molecule has 136 valence electrons. The summed E-state index contributed by atoms with van der Waals surface area (Å²) in [5.41, 5.74) is 2.11. The highest BCUT2D eigenvalue weighted by Crippen LogP contribution is 2.25. The average Bonchev–Trinajstić information content (AvgIpc) is 3.00. The molecule has 4 rings (SSSR count). The number of fused-ring (bicyclic) bond motifs is 1. The van der Waals surface area contributed by atoms with Crippen molar-refractivity contribution in [2.45, 2.75) is 18.7 Å². The molecular formula is C21H18N2O3S. The van der Waals surface area contributed by atoms with E-state index in [2.05, 4.69) is 9.71 Å². The molecule has 5 nitrogen and oxygen atoms in total. The maximum Gasteiger partial charge on any atom is 0.261 e. The highest BCUT2D eigenvalue weighted by molar-refractivity contribution is 7.92. The van der Waals surface area contributed by atoms with Crippen LogP contribution in [0, 0.1) is 13.8 Å². The molecule has 6 heteroatoms. The smallest absolute Gasteiger partial charge is 0.261 e. The van der Waals surface area contributed by atoms with E-state index in [0.29, 0.717) is 11.6 Å². The molecule has 0 aliphatic rings. The van der Waals surface area contributed by atoms with Gasteiger partial charge in [0.25, 0.3) is 10.0 Å². The zero-order chi connectivity index (χ0) is 19.0. The van der Waals surface area contributed by atoms with E-state index in [4.69, 9.17) is 4.42 Å². The Hall–Kier alpha value is -3.12. The van der Waals surface area contributed by atoms with Gasteiger partial charge in [0.15, 0.2) is 0 Å². The van der Waals surface area contributed by atoms with Gasteiger partial charge in [-0.2, -0.15) is 0 Å². The van der Waals surface area contributed by atoms with Gasteiger partial charge in [-0.15, -0.1) is 0 Å². The second-order valence-corrected chi connectivity index (χ2v) is 8.03.